The Bertz CT molecular complexity index is 258. The van der Waals surface area contributed by atoms with Crippen molar-refractivity contribution in [3.63, 3.8) is 0 Å². The van der Waals surface area contributed by atoms with Crippen LogP contribution in [0.1, 0.15) is 142 Å². The summed E-state index contributed by atoms with van der Waals surface area (Å²) < 4.78 is 12.1. The first-order chi connectivity index (χ1) is 13.8. The number of hydrogen-bond acceptors (Lipinski definition) is 2. The quantitative estimate of drug-likeness (QED) is 0.0511. The van der Waals surface area contributed by atoms with Crippen molar-refractivity contribution in [3.8, 4) is 0 Å². The number of ether oxygens (including phenoxy) is 2. The molecule has 4 heteroatoms. The molecule has 0 saturated heterocycles. The van der Waals surface area contributed by atoms with Crippen molar-refractivity contribution < 1.29 is 33.5 Å². The van der Waals surface area contributed by atoms with Gasteiger partial charge in [0.05, 0.1) is 0 Å². The van der Waals surface area contributed by atoms with Gasteiger partial charge in [0.2, 0.25) is 0 Å². The van der Waals surface area contributed by atoms with Gasteiger partial charge in [-0.3, -0.25) is 0 Å². The minimum atomic E-state index is 0. The van der Waals surface area contributed by atoms with E-state index in [0.29, 0.717) is 0 Å². The third-order valence-electron chi connectivity index (χ3n) is 5.54. The van der Waals surface area contributed by atoms with Crippen LogP contribution in [0.15, 0.2) is 0 Å². The Balaban J connectivity index is -0.00000364. The fourth-order valence-corrected chi connectivity index (χ4v) is 3.60. The molecule has 178 valence electrons. The van der Waals surface area contributed by atoms with Crippen molar-refractivity contribution in [1.82, 2.24) is 0 Å². The first-order valence-electron chi connectivity index (χ1n) is 12.9. The molecule has 0 atom stereocenters. The maximum atomic E-state index is 6.06. The number of halogens is 1. The molecule has 0 aliphatic carbocycles. The van der Waals surface area contributed by atoms with Gasteiger partial charge in [-0.05, 0) is 19.3 Å². The molecule has 0 aliphatic rings. The maximum Gasteiger partial charge on any atom is 2.00 e. The van der Waals surface area contributed by atoms with E-state index in [0.717, 1.165) is 26.1 Å². The summed E-state index contributed by atoms with van der Waals surface area (Å²) in [5, 5.41) is 0. The van der Waals surface area contributed by atoms with E-state index in [1.165, 1.54) is 116 Å². The van der Waals surface area contributed by atoms with Crippen LogP contribution in [0.5, 0.6) is 0 Å². The minimum Gasteiger partial charge on any atom is -1.00 e. The topological polar surface area (TPSA) is 18.5 Å². The molecule has 0 spiro atoms. The van der Waals surface area contributed by atoms with E-state index in [9.17, 15) is 0 Å². The summed E-state index contributed by atoms with van der Waals surface area (Å²) in [4.78, 5) is 0. The Kier molecular flexibility index (Phi) is 39.1. The van der Waals surface area contributed by atoms with E-state index >= 15 is 0 Å². The summed E-state index contributed by atoms with van der Waals surface area (Å²) in [7, 11) is 0. The largest absolute Gasteiger partial charge is 2.00 e. The van der Waals surface area contributed by atoms with Crippen molar-refractivity contribution in [2.45, 2.75) is 149 Å². The molecule has 0 radical (unpaired) electrons. The summed E-state index contributed by atoms with van der Waals surface area (Å²) in [6.45, 7) is 10.2. The van der Waals surface area contributed by atoms with Gasteiger partial charge in [0, 0.05) is 13.2 Å². The zero-order valence-electron chi connectivity index (χ0n) is 20.7. The van der Waals surface area contributed by atoms with Gasteiger partial charge in [-0.1, -0.05) is 117 Å². The smallest absolute Gasteiger partial charge is 1.00 e. The molecule has 0 rings (SSSR count). The van der Waals surface area contributed by atoms with E-state index < -0.39 is 0 Å². The first kappa shape index (κ1) is 36.0. The van der Waals surface area contributed by atoms with E-state index in [1.54, 1.807) is 0 Å². The van der Waals surface area contributed by atoms with Crippen LogP contribution in [0.25, 0.3) is 0 Å². The van der Waals surface area contributed by atoms with Gasteiger partial charge in [-0.25, -0.2) is 0 Å². The summed E-state index contributed by atoms with van der Waals surface area (Å²) in [6.07, 6.45) is 26.0. The van der Waals surface area contributed by atoms with Crippen LogP contribution in [0.3, 0.4) is 0 Å². The van der Waals surface area contributed by atoms with E-state index in [2.05, 4.69) is 20.8 Å². The molecule has 0 bridgehead atoms. The van der Waals surface area contributed by atoms with Gasteiger partial charge < -0.3 is 40.4 Å². The average Bonchev–Trinajstić information content (AvgIpc) is 2.71. The normalized spacial score (nSPS) is 10.8. The monoisotopic (exact) mass is 548 g/mol. The van der Waals surface area contributed by atoms with Gasteiger partial charge in [-0.2, -0.15) is 6.42 Å². The SMILES string of the molecule is [CH2-]CCCCC(OCCCCCCCCCC)OCCCCCCCCCC.[I-].[Mg+2]. The van der Waals surface area contributed by atoms with Crippen molar-refractivity contribution in [2.75, 3.05) is 13.2 Å². The second-order valence-electron chi connectivity index (χ2n) is 8.47. The molecular weight excluding hydrogens is 495 g/mol. The minimum absolute atomic E-state index is 0. The standard InChI is InChI=1S/C26H53O2.HI.Mg/c1-4-7-10-12-14-16-18-21-24-27-26(23-20-9-6-3)28-25-22-19-17-15-13-11-8-5-2;;/h26H,3-25H2,1-2H3;1H;/q-1;;+2/p-1. The zero-order valence-corrected chi connectivity index (χ0v) is 24.3. The van der Waals surface area contributed by atoms with E-state index in [1.807, 2.05) is 0 Å². The molecule has 0 aromatic carbocycles. The fraction of sp³-hybridized carbons (Fsp3) is 0.962. The van der Waals surface area contributed by atoms with E-state index in [-0.39, 0.29) is 53.3 Å². The van der Waals surface area contributed by atoms with Gasteiger partial charge in [0.25, 0.3) is 0 Å². The summed E-state index contributed by atoms with van der Waals surface area (Å²) >= 11 is 0. The van der Waals surface area contributed by atoms with Gasteiger partial charge in [-0.15, -0.1) is 0 Å². The zero-order chi connectivity index (χ0) is 20.5. The fourth-order valence-electron chi connectivity index (χ4n) is 3.60. The Morgan fingerprint density at radius 2 is 0.900 bits per heavy atom. The van der Waals surface area contributed by atoms with Crippen molar-refractivity contribution in [3.05, 3.63) is 6.92 Å². The van der Waals surface area contributed by atoms with Crippen LogP contribution in [0, 0.1) is 6.92 Å². The molecule has 0 unspecified atom stereocenters. The second kappa shape index (κ2) is 32.6. The summed E-state index contributed by atoms with van der Waals surface area (Å²) in [6, 6.07) is 0. The Morgan fingerprint density at radius 1 is 0.533 bits per heavy atom. The molecule has 0 saturated carbocycles. The second-order valence-corrected chi connectivity index (χ2v) is 8.47. The Labute approximate surface area is 224 Å². The molecule has 0 aliphatic heterocycles. The number of unbranched alkanes of at least 4 members (excludes halogenated alkanes) is 16. The van der Waals surface area contributed by atoms with Crippen molar-refractivity contribution >= 4 is 23.1 Å². The van der Waals surface area contributed by atoms with E-state index in [4.69, 9.17) is 9.47 Å². The Hall–Kier alpha value is 1.42. The average molecular weight is 549 g/mol. The van der Waals surface area contributed by atoms with Crippen LogP contribution in [0.4, 0.5) is 0 Å². The molecule has 30 heavy (non-hydrogen) atoms. The molecule has 0 N–H and O–H groups in total. The molecule has 0 amide bonds. The van der Waals surface area contributed by atoms with Gasteiger partial charge in [0.15, 0.2) is 6.29 Å². The summed E-state index contributed by atoms with van der Waals surface area (Å²) in [5.41, 5.74) is 0. The first-order valence-corrected chi connectivity index (χ1v) is 12.9. The predicted octanol–water partition coefficient (Wildman–Crippen LogP) is 5.64. The van der Waals surface area contributed by atoms with Crippen LogP contribution in [-0.2, 0) is 9.47 Å². The van der Waals surface area contributed by atoms with Crippen molar-refractivity contribution in [1.29, 1.82) is 0 Å². The molecule has 2 nitrogen and oxygen atoms in total. The molecule has 0 aromatic heterocycles. The van der Waals surface area contributed by atoms with Gasteiger partial charge in [0.1, 0.15) is 0 Å². The predicted molar refractivity (Wildman–Crippen MR) is 130 cm³/mol. The number of hydrogen-bond donors (Lipinski definition) is 0. The molecular formula is C26H53IMgO2. The third-order valence-corrected chi connectivity index (χ3v) is 5.54. The van der Waals surface area contributed by atoms with Crippen LogP contribution in [0.2, 0.25) is 0 Å². The van der Waals surface area contributed by atoms with Crippen LogP contribution >= 0.6 is 0 Å². The van der Waals surface area contributed by atoms with Gasteiger partial charge >= 0.3 is 23.1 Å². The number of rotatable bonds is 24. The third kappa shape index (κ3) is 29.4. The van der Waals surface area contributed by atoms with Crippen molar-refractivity contribution in [2.24, 2.45) is 0 Å². The Morgan fingerprint density at radius 3 is 1.27 bits per heavy atom. The molecule has 0 aromatic rings. The van der Waals surface area contributed by atoms with Crippen LogP contribution in [-0.4, -0.2) is 42.6 Å². The molecule has 0 heterocycles. The van der Waals surface area contributed by atoms with Crippen LogP contribution < -0.4 is 24.0 Å². The maximum absolute atomic E-state index is 6.06. The molecule has 0 fully saturated rings. The summed E-state index contributed by atoms with van der Waals surface area (Å²) in [5.74, 6) is 0.